The summed E-state index contributed by atoms with van der Waals surface area (Å²) in [6.07, 6.45) is 1.46. The van der Waals surface area contributed by atoms with Gasteiger partial charge in [-0.05, 0) is 37.6 Å². The number of Topliss-reactive ketones (excluding diaryl/α,β-unsaturated/α-hetero) is 1. The van der Waals surface area contributed by atoms with Crippen LogP contribution >= 0.6 is 0 Å². The van der Waals surface area contributed by atoms with Crippen molar-refractivity contribution in [3.63, 3.8) is 0 Å². The number of ether oxygens (including phenoxy) is 2. The predicted octanol–water partition coefficient (Wildman–Crippen LogP) is 2.60. The van der Waals surface area contributed by atoms with Gasteiger partial charge in [0, 0.05) is 0 Å². The first-order chi connectivity index (χ1) is 9.52. The van der Waals surface area contributed by atoms with Crippen LogP contribution in [0.4, 0.5) is 4.39 Å². The van der Waals surface area contributed by atoms with E-state index >= 15 is 0 Å². The molecule has 0 fully saturated rings. The van der Waals surface area contributed by atoms with Crippen LogP contribution in [0.2, 0.25) is 0 Å². The Morgan fingerprint density at radius 3 is 2.60 bits per heavy atom. The van der Waals surface area contributed by atoms with Crippen LogP contribution in [0.15, 0.2) is 41.4 Å². The molecule has 0 N–H and O–H groups in total. The lowest BCUT2D eigenvalue weighted by atomic mass is 10.1. The zero-order valence-corrected chi connectivity index (χ0v) is 11.1. The standard InChI is InChI=1S/C15H13FO4/c1-3-19-15(18)13-9(2)20-12(14(13)17)8-10-4-6-11(16)7-5-10/h4-8H,3H2,1-2H3/b12-8-. The van der Waals surface area contributed by atoms with Crippen molar-refractivity contribution in [3.05, 3.63) is 52.7 Å². The molecule has 0 radical (unpaired) electrons. The van der Waals surface area contributed by atoms with Crippen LogP contribution in [0.3, 0.4) is 0 Å². The number of ketones is 1. The molecule has 104 valence electrons. The minimum absolute atomic E-state index is 0.0251. The van der Waals surface area contributed by atoms with E-state index in [2.05, 4.69) is 0 Å². The van der Waals surface area contributed by atoms with Crippen LogP contribution in [0, 0.1) is 5.82 Å². The highest BCUT2D eigenvalue weighted by atomic mass is 19.1. The second kappa shape index (κ2) is 5.69. The van der Waals surface area contributed by atoms with Crippen LogP contribution in [0.5, 0.6) is 0 Å². The molecule has 1 aromatic rings. The van der Waals surface area contributed by atoms with Crippen LogP contribution in [0.1, 0.15) is 19.4 Å². The van der Waals surface area contributed by atoms with Gasteiger partial charge in [-0.25, -0.2) is 9.18 Å². The van der Waals surface area contributed by atoms with Gasteiger partial charge in [-0.2, -0.15) is 0 Å². The molecule has 2 rings (SSSR count). The third-order valence-corrected chi connectivity index (χ3v) is 2.71. The van der Waals surface area contributed by atoms with Crippen LogP contribution < -0.4 is 0 Å². The summed E-state index contributed by atoms with van der Waals surface area (Å²) in [7, 11) is 0. The fourth-order valence-corrected chi connectivity index (χ4v) is 1.79. The van der Waals surface area contributed by atoms with E-state index in [9.17, 15) is 14.0 Å². The van der Waals surface area contributed by atoms with E-state index in [0.717, 1.165) is 0 Å². The monoisotopic (exact) mass is 276 g/mol. The topological polar surface area (TPSA) is 52.6 Å². The minimum Gasteiger partial charge on any atom is -0.462 e. The van der Waals surface area contributed by atoms with Gasteiger partial charge in [-0.1, -0.05) is 12.1 Å². The molecule has 0 aliphatic carbocycles. The lowest BCUT2D eigenvalue weighted by Crippen LogP contribution is -2.14. The summed E-state index contributed by atoms with van der Waals surface area (Å²) in [5, 5.41) is 0. The molecule has 0 bridgehead atoms. The van der Waals surface area contributed by atoms with Crippen LogP contribution in [-0.4, -0.2) is 18.4 Å². The van der Waals surface area contributed by atoms with E-state index in [1.54, 1.807) is 6.92 Å². The van der Waals surface area contributed by atoms with Crippen molar-refractivity contribution in [2.45, 2.75) is 13.8 Å². The van der Waals surface area contributed by atoms with Crippen molar-refractivity contribution >= 4 is 17.8 Å². The molecule has 4 nitrogen and oxygen atoms in total. The van der Waals surface area contributed by atoms with Gasteiger partial charge in [0.2, 0.25) is 5.78 Å². The van der Waals surface area contributed by atoms with E-state index in [4.69, 9.17) is 9.47 Å². The maximum absolute atomic E-state index is 12.8. The lowest BCUT2D eigenvalue weighted by molar-refractivity contribution is -0.139. The van der Waals surface area contributed by atoms with E-state index < -0.39 is 11.8 Å². The van der Waals surface area contributed by atoms with Crippen molar-refractivity contribution in [3.8, 4) is 0 Å². The average molecular weight is 276 g/mol. The highest BCUT2D eigenvalue weighted by molar-refractivity contribution is 6.26. The summed E-state index contributed by atoms with van der Waals surface area (Å²) in [6, 6.07) is 5.57. The van der Waals surface area contributed by atoms with Gasteiger partial charge in [-0.3, -0.25) is 4.79 Å². The molecule has 0 unspecified atom stereocenters. The lowest BCUT2D eigenvalue weighted by Gasteiger charge is -1.99. The molecule has 5 heteroatoms. The molecule has 1 aliphatic rings. The van der Waals surface area contributed by atoms with E-state index in [1.807, 2.05) is 0 Å². The number of carbonyl (C=O) groups is 2. The van der Waals surface area contributed by atoms with Gasteiger partial charge in [0.05, 0.1) is 6.61 Å². The Morgan fingerprint density at radius 1 is 1.35 bits per heavy atom. The average Bonchev–Trinajstić information content (AvgIpc) is 2.67. The third kappa shape index (κ3) is 2.77. The third-order valence-electron chi connectivity index (χ3n) is 2.71. The van der Waals surface area contributed by atoms with Crippen molar-refractivity contribution in [1.29, 1.82) is 0 Å². The Labute approximate surface area is 115 Å². The number of carbonyl (C=O) groups excluding carboxylic acids is 2. The molecule has 0 saturated carbocycles. The van der Waals surface area contributed by atoms with Crippen molar-refractivity contribution < 1.29 is 23.5 Å². The molecule has 0 amide bonds. The maximum Gasteiger partial charge on any atom is 0.345 e. The fraction of sp³-hybridized carbons (Fsp3) is 0.200. The van der Waals surface area contributed by atoms with E-state index in [1.165, 1.54) is 37.3 Å². The first-order valence-corrected chi connectivity index (χ1v) is 6.10. The highest BCUT2D eigenvalue weighted by Gasteiger charge is 2.34. The first-order valence-electron chi connectivity index (χ1n) is 6.10. The van der Waals surface area contributed by atoms with E-state index in [-0.39, 0.29) is 29.5 Å². The van der Waals surface area contributed by atoms with Gasteiger partial charge in [0.25, 0.3) is 0 Å². The number of allylic oxidation sites excluding steroid dienone is 2. The molecule has 0 saturated heterocycles. The largest absolute Gasteiger partial charge is 0.462 e. The predicted molar refractivity (Wildman–Crippen MR) is 69.8 cm³/mol. The number of esters is 1. The Kier molecular flexibility index (Phi) is 3.98. The van der Waals surface area contributed by atoms with Gasteiger partial charge in [-0.15, -0.1) is 0 Å². The molecular weight excluding hydrogens is 263 g/mol. The highest BCUT2D eigenvalue weighted by Crippen LogP contribution is 2.27. The summed E-state index contributed by atoms with van der Waals surface area (Å²) in [6.45, 7) is 3.36. The normalized spacial score (nSPS) is 16.6. The Bertz CT molecular complexity index is 611. The van der Waals surface area contributed by atoms with Crippen LogP contribution in [0.25, 0.3) is 6.08 Å². The van der Waals surface area contributed by atoms with Gasteiger partial charge in [0.15, 0.2) is 5.76 Å². The quantitative estimate of drug-likeness (QED) is 0.484. The number of hydrogen-bond acceptors (Lipinski definition) is 4. The van der Waals surface area contributed by atoms with Gasteiger partial charge >= 0.3 is 5.97 Å². The van der Waals surface area contributed by atoms with Crippen molar-refractivity contribution in [2.75, 3.05) is 6.61 Å². The molecule has 0 spiro atoms. The van der Waals surface area contributed by atoms with Gasteiger partial charge < -0.3 is 9.47 Å². The molecule has 20 heavy (non-hydrogen) atoms. The Balaban J connectivity index is 2.24. The second-order valence-electron chi connectivity index (χ2n) is 4.14. The summed E-state index contributed by atoms with van der Waals surface area (Å²) >= 11 is 0. The Hall–Kier alpha value is -2.43. The van der Waals surface area contributed by atoms with Crippen molar-refractivity contribution in [2.24, 2.45) is 0 Å². The second-order valence-corrected chi connectivity index (χ2v) is 4.14. The maximum atomic E-state index is 12.8. The number of benzene rings is 1. The molecule has 1 aliphatic heterocycles. The number of rotatable bonds is 3. The SMILES string of the molecule is CCOC(=O)C1=C(C)O/C(=C\c2ccc(F)cc2)C1=O. The zero-order chi connectivity index (χ0) is 14.7. The minimum atomic E-state index is -0.697. The van der Waals surface area contributed by atoms with Gasteiger partial charge in [0.1, 0.15) is 17.1 Å². The molecule has 1 aromatic carbocycles. The summed E-state index contributed by atoms with van der Waals surface area (Å²) in [5.41, 5.74) is 0.507. The number of hydrogen-bond donors (Lipinski definition) is 0. The summed E-state index contributed by atoms with van der Waals surface area (Å²) in [5.74, 6) is -1.35. The fourth-order valence-electron chi connectivity index (χ4n) is 1.79. The summed E-state index contributed by atoms with van der Waals surface area (Å²) in [4.78, 5) is 23.7. The molecule has 0 aromatic heterocycles. The van der Waals surface area contributed by atoms with E-state index in [0.29, 0.717) is 5.56 Å². The molecule has 1 heterocycles. The first kappa shape index (κ1) is 14.0. The Morgan fingerprint density at radius 2 is 2.00 bits per heavy atom. The molecular formula is C15H13FO4. The molecule has 0 atom stereocenters. The summed E-state index contributed by atoms with van der Waals surface area (Å²) < 4.78 is 22.9. The smallest absolute Gasteiger partial charge is 0.345 e. The van der Waals surface area contributed by atoms with Crippen molar-refractivity contribution in [1.82, 2.24) is 0 Å². The zero-order valence-electron chi connectivity index (χ0n) is 11.1. The van der Waals surface area contributed by atoms with Crippen LogP contribution in [-0.2, 0) is 19.1 Å². The number of halogens is 1.